The number of benzene rings is 1. The fourth-order valence-electron chi connectivity index (χ4n) is 1.80. The van der Waals surface area contributed by atoms with Crippen LogP contribution in [0.2, 0.25) is 0 Å². The third-order valence-electron chi connectivity index (χ3n) is 2.87. The molecule has 0 aliphatic heterocycles. The molecule has 0 aliphatic rings. The second kappa shape index (κ2) is 6.47. The lowest BCUT2D eigenvalue weighted by Crippen LogP contribution is -2.16. The van der Waals surface area contributed by atoms with Crippen molar-refractivity contribution in [1.29, 1.82) is 0 Å². The second-order valence-electron chi connectivity index (χ2n) is 4.37. The van der Waals surface area contributed by atoms with Crippen LogP contribution in [0.4, 0.5) is 26.3 Å². The largest absolute Gasteiger partial charge is 0.416 e. The fourth-order valence-corrected chi connectivity index (χ4v) is 2.50. The minimum Gasteiger partial charge on any atom is -0.320 e. The van der Waals surface area contributed by atoms with Crippen molar-refractivity contribution in [3.8, 4) is 0 Å². The van der Waals surface area contributed by atoms with Gasteiger partial charge in [0.2, 0.25) is 0 Å². The van der Waals surface area contributed by atoms with E-state index in [1.807, 2.05) is 0 Å². The van der Waals surface area contributed by atoms with Gasteiger partial charge in [-0.15, -0.1) is 12.4 Å². The molecule has 2 N–H and O–H groups in total. The molecule has 9 heteroatoms. The minimum absolute atomic E-state index is 0. The molecule has 0 amide bonds. The highest BCUT2D eigenvalue weighted by Gasteiger charge is 2.37. The molecule has 1 aromatic heterocycles. The van der Waals surface area contributed by atoms with Gasteiger partial charge in [-0.05, 0) is 46.2 Å². The topological polar surface area (TPSA) is 26.0 Å². The highest BCUT2D eigenvalue weighted by molar-refractivity contribution is 7.08. The maximum Gasteiger partial charge on any atom is 0.416 e. The molecule has 0 bridgehead atoms. The highest BCUT2D eigenvalue weighted by atomic mass is 35.5. The van der Waals surface area contributed by atoms with E-state index in [9.17, 15) is 26.3 Å². The molecule has 1 atom stereocenters. The Balaban J connectivity index is 0.00000242. The minimum atomic E-state index is -4.87. The van der Waals surface area contributed by atoms with E-state index in [-0.39, 0.29) is 24.0 Å². The van der Waals surface area contributed by atoms with Gasteiger partial charge < -0.3 is 5.73 Å². The monoisotopic (exact) mass is 361 g/mol. The van der Waals surface area contributed by atoms with Crippen molar-refractivity contribution < 1.29 is 26.3 Å². The zero-order chi connectivity index (χ0) is 15.8. The van der Waals surface area contributed by atoms with Gasteiger partial charge in [0.25, 0.3) is 0 Å². The first kappa shape index (κ1) is 18.8. The molecule has 0 fully saturated rings. The van der Waals surface area contributed by atoms with Crippen LogP contribution >= 0.6 is 23.7 Å². The van der Waals surface area contributed by atoms with Crippen molar-refractivity contribution in [2.45, 2.75) is 18.4 Å². The number of thiophene rings is 1. The number of hydrogen-bond donors (Lipinski definition) is 1. The molecule has 2 aromatic rings. The predicted octanol–water partition coefficient (Wildman–Crippen LogP) is 5.26. The van der Waals surface area contributed by atoms with Crippen LogP contribution in [0.25, 0.3) is 0 Å². The molecule has 1 aromatic carbocycles. The van der Waals surface area contributed by atoms with Crippen LogP contribution in [-0.4, -0.2) is 0 Å². The maximum absolute atomic E-state index is 12.7. The van der Waals surface area contributed by atoms with Gasteiger partial charge in [-0.25, -0.2) is 0 Å². The van der Waals surface area contributed by atoms with Gasteiger partial charge in [-0.3, -0.25) is 0 Å². The number of hydrogen-bond acceptors (Lipinski definition) is 2. The molecule has 0 unspecified atom stereocenters. The van der Waals surface area contributed by atoms with Gasteiger partial charge in [0.15, 0.2) is 0 Å². The van der Waals surface area contributed by atoms with E-state index in [0.29, 0.717) is 17.7 Å². The van der Waals surface area contributed by atoms with Crippen molar-refractivity contribution in [2.24, 2.45) is 5.73 Å². The Bertz CT molecular complexity index is 588. The Morgan fingerprint density at radius 3 is 1.73 bits per heavy atom. The number of nitrogens with two attached hydrogens (primary N) is 1. The Labute approximate surface area is 132 Å². The van der Waals surface area contributed by atoms with E-state index < -0.39 is 29.5 Å². The van der Waals surface area contributed by atoms with E-state index in [0.717, 1.165) is 0 Å². The number of rotatable bonds is 2. The van der Waals surface area contributed by atoms with Gasteiger partial charge in [-0.1, -0.05) is 0 Å². The summed E-state index contributed by atoms with van der Waals surface area (Å²) in [6.45, 7) is 0. The summed E-state index contributed by atoms with van der Waals surface area (Å²) < 4.78 is 76.4. The van der Waals surface area contributed by atoms with E-state index in [1.165, 1.54) is 11.3 Å². The van der Waals surface area contributed by atoms with Crippen molar-refractivity contribution >= 4 is 23.7 Å². The third kappa shape index (κ3) is 4.15. The SMILES string of the molecule is Cl.N[C@H](c1ccsc1)c1cc(C(F)(F)F)cc(C(F)(F)F)c1. The van der Waals surface area contributed by atoms with Crippen molar-refractivity contribution in [3.05, 3.63) is 57.3 Å². The van der Waals surface area contributed by atoms with Crippen LogP contribution < -0.4 is 5.73 Å². The first-order chi connectivity index (χ1) is 9.59. The summed E-state index contributed by atoms with van der Waals surface area (Å²) in [6.07, 6.45) is -9.74. The predicted molar refractivity (Wildman–Crippen MR) is 74.0 cm³/mol. The van der Waals surface area contributed by atoms with Crippen molar-refractivity contribution in [1.82, 2.24) is 0 Å². The molecular weight excluding hydrogens is 352 g/mol. The van der Waals surface area contributed by atoms with E-state index in [2.05, 4.69) is 0 Å². The molecule has 0 spiro atoms. The Morgan fingerprint density at radius 1 is 0.864 bits per heavy atom. The Kier molecular flexibility index (Phi) is 5.53. The standard InChI is InChI=1S/C13H9F6NS.ClH/c14-12(15,16)9-3-8(4-10(5-9)13(17,18)19)11(20)7-1-2-21-6-7;/h1-6,11H,20H2;1H/t11-;/m1./s1. The zero-order valence-electron chi connectivity index (χ0n) is 10.7. The average molecular weight is 362 g/mol. The van der Waals surface area contributed by atoms with Crippen LogP contribution in [0.5, 0.6) is 0 Å². The third-order valence-corrected chi connectivity index (χ3v) is 3.57. The van der Waals surface area contributed by atoms with Crippen molar-refractivity contribution in [3.63, 3.8) is 0 Å². The van der Waals surface area contributed by atoms with Crippen LogP contribution in [0.3, 0.4) is 0 Å². The first-order valence-corrected chi connectivity index (χ1v) is 6.60. The summed E-state index contributed by atoms with van der Waals surface area (Å²) >= 11 is 1.26. The van der Waals surface area contributed by atoms with E-state index in [1.54, 1.807) is 16.8 Å². The number of alkyl halides is 6. The zero-order valence-corrected chi connectivity index (χ0v) is 12.3. The van der Waals surface area contributed by atoms with E-state index in [4.69, 9.17) is 5.73 Å². The van der Waals surface area contributed by atoms with Crippen LogP contribution in [0, 0.1) is 0 Å². The lowest BCUT2D eigenvalue weighted by atomic mass is 9.97. The summed E-state index contributed by atoms with van der Waals surface area (Å²) in [7, 11) is 0. The summed E-state index contributed by atoms with van der Waals surface area (Å²) in [5, 5.41) is 3.23. The quantitative estimate of drug-likeness (QED) is 0.726. The van der Waals surface area contributed by atoms with Gasteiger partial charge in [0.1, 0.15) is 0 Å². The van der Waals surface area contributed by atoms with Crippen LogP contribution in [-0.2, 0) is 12.4 Å². The normalized spacial score (nSPS) is 13.6. The lowest BCUT2D eigenvalue weighted by molar-refractivity contribution is -0.143. The smallest absolute Gasteiger partial charge is 0.320 e. The number of halogens is 7. The summed E-state index contributed by atoms with van der Waals surface area (Å²) in [5.74, 6) is 0. The van der Waals surface area contributed by atoms with Gasteiger partial charge >= 0.3 is 12.4 Å². The Morgan fingerprint density at radius 2 is 1.36 bits per heavy atom. The van der Waals surface area contributed by atoms with Crippen LogP contribution in [0.1, 0.15) is 28.3 Å². The summed E-state index contributed by atoms with van der Waals surface area (Å²) in [5.41, 5.74) is 3.27. The highest BCUT2D eigenvalue weighted by Crippen LogP contribution is 2.38. The van der Waals surface area contributed by atoms with Gasteiger partial charge in [0, 0.05) is 0 Å². The molecule has 2 rings (SSSR count). The van der Waals surface area contributed by atoms with Gasteiger partial charge in [0.05, 0.1) is 17.2 Å². The first-order valence-electron chi connectivity index (χ1n) is 5.66. The molecule has 22 heavy (non-hydrogen) atoms. The fraction of sp³-hybridized carbons (Fsp3) is 0.231. The summed E-state index contributed by atoms with van der Waals surface area (Å²) in [6, 6.07) is 1.90. The maximum atomic E-state index is 12.7. The average Bonchev–Trinajstić information content (AvgIpc) is 2.89. The van der Waals surface area contributed by atoms with Crippen LogP contribution in [0.15, 0.2) is 35.0 Å². The summed E-state index contributed by atoms with van der Waals surface area (Å²) in [4.78, 5) is 0. The lowest BCUT2D eigenvalue weighted by Gasteiger charge is -2.17. The molecule has 0 saturated carbocycles. The molecule has 0 aliphatic carbocycles. The molecular formula is C13H10ClF6NS. The molecule has 1 heterocycles. The molecule has 0 radical (unpaired) electrons. The van der Waals surface area contributed by atoms with E-state index >= 15 is 0 Å². The van der Waals surface area contributed by atoms with Crippen molar-refractivity contribution in [2.75, 3.05) is 0 Å². The second-order valence-corrected chi connectivity index (χ2v) is 5.15. The van der Waals surface area contributed by atoms with Gasteiger partial charge in [-0.2, -0.15) is 37.7 Å². The molecule has 122 valence electrons. The molecule has 1 nitrogen and oxygen atoms in total. The molecule has 0 saturated heterocycles. The Hall–Kier alpha value is -1.25.